The maximum Gasteiger partial charge on any atom is 0.127 e. The van der Waals surface area contributed by atoms with Crippen molar-refractivity contribution in [1.82, 2.24) is 5.32 Å². The van der Waals surface area contributed by atoms with Crippen LogP contribution < -0.4 is 14.8 Å². The monoisotopic (exact) mass is 251 g/mol. The summed E-state index contributed by atoms with van der Waals surface area (Å²) in [6, 6.07) is 6.01. The Kier molecular flexibility index (Phi) is 5.30. The molecule has 100 valence electrons. The van der Waals surface area contributed by atoms with Crippen molar-refractivity contribution in [2.45, 2.75) is 25.8 Å². The second-order valence-electron chi connectivity index (χ2n) is 4.43. The number of nitrogens with one attached hydrogen (secondary N) is 1. The highest BCUT2D eigenvalue weighted by atomic mass is 16.5. The second-order valence-corrected chi connectivity index (χ2v) is 4.43. The van der Waals surface area contributed by atoms with Gasteiger partial charge in [0.2, 0.25) is 0 Å². The number of aliphatic hydroxyl groups excluding tert-OH is 1. The highest BCUT2D eigenvalue weighted by Gasteiger charge is 2.09. The molecule has 0 saturated heterocycles. The number of rotatable bonds is 6. The molecule has 4 heteroatoms. The van der Waals surface area contributed by atoms with Gasteiger partial charge in [-0.1, -0.05) is 6.07 Å². The average molecular weight is 251 g/mol. The predicted molar refractivity (Wildman–Crippen MR) is 70.1 cm³/mol. The quantitative estimate of drug-likeness (QED) is 0.756. The van der Waals surface area contributed by atoms with Gasteiger partial charge in [0.05, 0.1) is 6.61 Å². The first-order valence-corrected chi connectivity index (χ1v) is 6.60. The Labute approximate surface area is 108 Å². The summed E-state index contributed by atoms with van der Waals surface area (Å²) in [5.74, 6) is 1.78. The van der Waals surface area contributed by atoms with Crippen molar-refractivity contribution in [1.29, 1.82) is 0 Å². The van der Waals surface area contributed by atoms with Gasteiger partial charge in [-0.25, -0.2) is 0 Å². The van der Waals surface area contributed by atoms with Crippen LogP contribution >= 0.6 is 0 Å². The zero-order valence-electron chi connectivity index (χ0n) is 10.7. The van der Waals surface area contributed by atoms with E-state index in [0.717, 1.165) is 43.9 Å². The van der Waals surface area contributed by atoms with E-state index in [1.54, 1.807) is 0 Å². The molecule has 0 unspecified atom stereocenters. The summed E-state index contributed by atoms with van der Waals surface area (Å²) in [6.45, 7) is 3.39. The first-order chi connectivity index (χ1) is 8.90. The smallest absolute Gasteiger partial charge is 0.127 e. The maximum absolute atomic E-state index is 8.68. The fourth-order valence-corrected chi connectivity index (χ4v) is 1.94. The van der Waals surface area contributed by atoms with Gasteiger partial charge in [0, 0.05) is 31.3 Å². The van der Waals surface area contributed by atoms with Crippen LogP contribution in [0, 0.1) is 0 Å². The van der Waals surface area contributed by atoms with Gasteiger partial charge in [-0.3, -0.25) is 0 Å². The Morgan fingerprint density at radius 2 is 2.22 bits per heavy atom. The fourth-order valence-electron chi connectivity index (χ4n) is 1.94. The number of hydrogen-bond acceptors (Lipinski definition) is 4. The molecule has 1 aliphatic heterocycles. The van der Waals surface area contributed by atoms with Crippen LogP contribution in [-0.4, -0.2) is 31.5 Å². The number of fused-ring (bicyclic) bond motifs is 1. The summed E-state index contributed by atoms with van der Waals surface area (Å²) in [5.41, 5.74) is 1.18. The van der Waals surface area contributed by atoms with Crippen LogP contribution in [0.4, 0.5) is 0 Å². The van der Waals surface area contributed by atoms with Gasteiger partial charge in [-0.15, -0.1) is 0 Å². The highest BCUT2D eigenvalue weighted by molar-refractivity contribution is 5.41. The van der Waals surface area contributed by atoms with Gasteiger partial charge in [0.15, 0.2) is 0 Å². The van der Waals surface area contributed by atoms with Crippen LogP contribution in [0.1, 0.15) is 24.8 Å². The van der Waals surface area contributed by atoms with Crippen molar-refractivity contribution < 1.29 is 14.6 Å². The van der Waals surface area contributed by atoms with E-state index in [9.17, 15) is 0 Å². The molecule has 2 rings (SSSR count). The standard InChI is InChI=1S/C14H21NO3/c16-7-2-1-3-8-17-13-5-4-12-11-15-6-9-18-14(12)10-13/h4-5,10,15-16H,1-3,6-9,11H2. The number of aliphatic hydroxyl groups is 1. The van der Waals surface area contributed by atoms with Gasteiger partial charge in [-0.2, -0.15) is 0 Å². The van der Waals surface area contributed by atoms with Gasteiger partial charge in [0.25, 0.3) is 0 Å². The molecule has 2 N–H and O–H groups in total. The lowest BCUT2D eigenvalue weighted by Gasteiger charge is -2.10. The highest BCUT2D eigenvalue weighted by Crippen LogP contribution is 2.26. The maximum atomic E-state index is 8.68. The molecule has 4 nitrogen and oxygen atoms in total. The Hall–Kier alpha value is -1.26. The van der Waals surface area contributed by atoms with Gasteiger partial charge >= 0.3 is 0 Å². The molecule has 0 atom stereocenters. The summed E-state index contributed by atoms with van der Waals surface area (Å²) >= 11 is 0. The van der Waals surface area contributed by atoms with Crippen LogP contribution in [0.15, 0.2) is 18.2 Å². The van der Waals surface area contributed by atoms with Crippen molar-refractivity contribution in [3.63, 3.8) is 0 Å². The molecule has 1 aromatic rings. The lowest BCUT2D eigenvalue weighted by molar-refractivity contribution is 0.265. The SMILES string of the molecule is OCCCCCOc1ccc2c(c1)OCCNC2. The van der Waals surface area contributed by atoms with E-state index in [1.165, 1.54) is 5.56 Å². The zero-order valence-corrected chi connectivity index (χ0v) is 10.7. The average Bonchev–Trinajstić information content (AvgIpc) is 2.63. The number of benzene rings is 1. The molecular formula is C14H21NO3. The number of unbranched alkanes of at least 4 members (excludes halogenated alkanes) is 2. The summed E-state index contributed by atoms with van der Waals surface area (Å²) in [4.78, 5) is 0. The van der Waals surface area contributed by atoms with E-state index in [4.69, 9.17) is 14.6 Å². The minimum atomic E-state index is 0.264. The number of ether oxygens (including phenoxy) is 2. The summed E-state index contributed by atoms with van der Waals surface area (Å²) < 4.78 is 11.3. The molecule has 1 heterocycles. The van der Waals surface area contributed by atoms with Gasteiger partial charge in [0.1, 0.15) is 18.1 Å². The van der Waals surface area contributed by atoms with E-state index in [-0.39, 0.29) is 6.61 Å². The molecule has 18 heavy (non-hydrogen) atoms. The molecule has 0 aromatic heterocycles. The Morgan fingerprint density at radius 1 is 1.28 bits per heavy atom. The topological polar surface area (TPSA) is 50.7 Å². The van der Waals surface area contributed by atoms with Crippen LogP contribution in [0.3, 0.4) is 0 Å². The summed E-state index contributed by atoms with van der Waals surface area (Å²) in [7, 11) is 0. The van der Waals surface area contributed by atoms with E-state index in [2.05, 4.69) is 11.4 Å². The molecule has 0 spiro atoms. The Balaban J connectivity index is 1.84. The normalized spacial score (nSPS) is 14.5. The molecular weight excluding hydrogens is 230 g/mol. The first kappa shape index (κ1) is 13.2. The van der Waals surface area contributed by atoms with E-state index in [1.807, 2.05) is 12.1 Å². The van der Waals surface area contributed by atoms with Crippen LogP contribution in [0.25, 0.3) is 0 Å². The molecule has 1 aliphatic rings. The minimum Gasteiger partial charge on any atom is -0.493 e. The molecule has 0 fully saturated rings. The zero-order chi connectivity index (χ0) is 12.6. The van der Waals surface area contributed by atoms with Crippen LogP contribution in [0.2, 0.25) is 0 Å². The van der Waals surface area contributed by atoms with E-state index in [0.29, 0.717) is 13.2 Å². The summed E-state index contributed by atoms with van der Waals surface area (Å²) in [6.07, 6.45) is 2.82. The Bertz CT molecular complexity index is 368. The van der Waals surface area contributed by atoms with Crippen molar-refractivity contribution in [3.8, 4) is 11.5 Å². The van der Waals surface area contributed by atoms with Gasteiger partial charge < -0.3 is 19.9 Å². The van der Waals surface area contributed by atoms with E-state index < -0.39 is 0 Å². The molecule has 0 radical (unpaired) electrons. The number of hydrogen-bond donors (Lipinski definition) is 2. The molecule has 0 saturated carbocycles. The van der Waals surface area contributed by atoms with Crippen molar-refractivity contribution in [2.24, 2.45) is 0 Å². The largest absolute Gasteiger partial charge is 0.493 e. The van der Waals surface area contributed by atoms with Gasteiger partial charge in [-0.05, 0) is 25.3 Å². The van der Waals surface area contributed by atoms with Crippen molar-refractivity contribution in [2.75, 3.05) is 26.4 Å². The lowest BCUT2D eigenvalue weighted by Crippen LogP contribution is -2.16. The molecule has 1 aromatic carbocycles. The summed E-state index contributed by atoms with van der Waals surface area (Å²) in [5, 5.41) is 12.0. The van der Waals surface area contributed by atoms with E-state index >= 15 is 0 Å². The Morgan fingerprint density at radius 3 is 3.11 bits per heavy atom. The van der Waals surface area contributed by atoms with Crippen LogP contribution in [0.5, 0.6) is 11.5 Å². The minimum absolute atomic E-state index is 0.264. The third kappa shape index (κ3) is 3.89. The second kappa shape index (κ2) is 7.24. The third-order valence-electron chi connectivity index (χ3n) is 2.96. The third-order valence-corrected chi connectivity index (χ3v) is 2.96. The fraction of sp³-hybridized carbons (Fsp3) is 0.571. The molecule has 0 bridgehead atoms. The van der Waals surface area contributed by atoms with Crippen molar-refractivity contribution >= 4 is 0 Å². The molecule has 0 amide bonds. The first-order valence-electron chi connectivity index (χ1n) is 6.60. The predicted octanol–water partition coefficient (Wildman–Crippen LogP) is 1.71. The lowest BCUT2D eigenvalue weighted by atomic mass is 10.2. The molecule has 0 aliphatic carbocycles. The van der Waals surface area contributed by atoms with Crippen LogP contribution in [-0.2, 0) is 6.54 Å². The van der Waals surface area contributed by atoms with Crippen molar-refractivity contribution in [3.05, 3.63) is 23.8 Å².